The molecular weight excluding hydrogens is 500 g/mol. The molecule has 6 unspecified atom stereocenters. The molecule has 8 aliphatic carbocycles. The third-order valence-electron chi connectivity index (χ3n) is 14.8. The SMILES string of the molecule is CC(CCC(=O)OCOC1C2CC3CC(C2)CC1C3)C1CCC2C3C(CC[C@]12C)[C@@]1(C)CC[C@@H](O)CC1C[C@H]3O. The smallest absolute Gasteiger partial charge is 0.307 e. The molecule has 0 aliphatic heterocycles. The Morgan fingerprint density at radius 3 is 2.25 bits per heavy atom. The largest absolute Gasteiger partial charge is 0.438 e. The van der Waals surface area contributed by atoms with Crippen LogP contribution in [0.5, 0.6) is 0 Å². The summed E-state index contributed by atoms with van der Waals surface area (Å²) >= 11 is 0. The van der Waals surface area contributed by atoms with Gasteiger partial charge < -0.3 is 19.7 Å². The van der Waals surface area contributed by atoms with E-state index < -0.39 is 0 Å². The molecule has 8 rings (SSSR count). The van der Waals surface area contributed by atoms with Crippen LogP contribution in [0, 0.1) is 70.0 Å². The Morgan fingerprint density at radius 1 is 0.850 bits per heavy atom. The zero-order valence-corrected chi connectivity index (χ0v) is 25.4. The van der Waals surface area contributed by atoms with Gasteiger partial charge in [-0.25, -0.2) is 0 Å². The van der Waals surface area contributed by atoms with Crippen molar-refractivity contribution in [3.63, 3.8) is 0 Å². The molecule has 8 saturated carbocycles. The van der Waals surface area contributed by atoms with E-state index >= 15 is 0 Å². The molecule has 0 radical (unpaired) electrons. The van der Waals surface area contributed by atoms with Gasteiger partial charge in [-0.05, 0) is 160 Å². The van der Waals surface area contributed by atoms with E-state index in [4.69, 9.17) is 9.47 Å². The lowest BCUT2D eigenvalue weighted by atomic mass is 9.43. The number of hydrogen-bond acceptors (Lipinski definition) is 5. The Kier molecular flexibility index (Phi) is 7.39. The predicted octanol–water partition coefficient (Wildman–Crippen LogP) is 6.74. The van der Waals surface area contributed by atoms with Crippen molar-refractivity contribution < 1.29 is 24.5 Å². The van der Waals surface area contributed by atoms with Crippen molar-refractivity contribution in [2.24, 2.45) is 70.0 Å². The second kappa shape index (κ2) is 10.5. The Morgan fingerprint density at radius 2 is 1.52 bits per heavy atom. The zero-order chi connectivity index (χ0) is 27.8. The molecule has 5 heteroatoms. The molecule has 10 atom stereocenters. The van der Waals surface area contributed by atoms with E-state index in [2.05, 4.69) is 20.8 Å². The van der Waals surface area contributed by atoms with Gasteiger partial charge in [-0.2, -0.15) is 0 Å². The number of esters is 1. The highest BCUT2D eigenvalue weighted by atomic mass is 16.7. The van der Waals surface area contributed by atoms with Crippen molar-refractivity contribution in [2.75, 3.05) is 6.79 Å². The molecule has 40 heavy (non-hydrogen) atoms. The van der Waals surface area contributed by atoms with Crippen molar-refractivity contribution in [3.05, 3.63) is 0 Å². The first-order valence-electron chi connectivity index (χ1n) is 17.3. The Hall–Kier alpha value is -0.650. The summed E-state index contributed by atoms with van der Waals surface area (Å²) in [5.41, 5.74) is 0.530. The van der Waals surface area contributed by atoms with Gasteiger partial charge in [0.05, 0.1) is 18.3 Å². The maximum Gasteiger partial charge on any atom is 0.307 e. The monoisotopic (exact) mass is 556 g/mol. The summed E-state index contributed by atoms with van der Waals surface area (Å²) in [4.78, 5) is 12.7. The molecule has 0 aromatic rings. The van der Waals surface area contributed by atoms with Crippen LogP contribution in [0.3, 0.4) is 0 Å². The maximum absolute atomic E-state index is 12.7. The van der Waals surface area contributed by atoms with E-state index in [9.17, 15) is 15.0 Å². The number of aliphatic hydroxyl groups is 2. The highest BCUT2D eigenvalue weighted by molar-refractivity contribution is 5.69. The van der Waals surface area contributed by atoms with Crippen LogP contribution in [0.2, 0.25) is 0 Å². The molecule has 8 aliphatic rings. The zero-order valence-electron chi connectivity index (χ0n) is 25.4. The van der Waals surface area contributed by atoms with Crippen LogP contribution in [0.25, 0.3) is 0 Å². The van der Waals surface area contributed by atoms with Gasteiger partial charge in [0.2, 0.25) is 0 Å². The Labute approximate surface area is 242 Å². The van der Waals surface area contributed by atoms with E-state index in [1.165, 1.54) is 57.8 Å². The first-order valence-corrected chi connectivity index (χ1v) is 17.3. The van der Waals surface area contributed by atoms with Crippen molar-refractivity contribution >= 4 is 5.97 Å². The molecule has 0 aromatic carbocycles. The number of ether oxygens (including phenoxy) is 2. The minimum Gasteiger partial charge on any atom is -0.438 e. The average molecular weight is 557 g/mol. The molecule has 4 bridgehead atoms. The van der Waals surface area contributed by atoms with Crippen molar-refractivity contribution in [1.82, 2.24) is 0 Å². The molecule has 226 valence electrons. The number of rotatable bonds is 7. The molecular formula is C35H56O5. The van der Waals surface area contributed by atoms with Crippen LogP contribution in [-0.4, -0.2) is 41.3 Å². The van der Waals surface area contributed by atoms with Gasteiger partial charge in [-0.15, -0.1) is 0 Å². The van der Waals surface area contributed by atoms with E-state index in [0.717, 1.165) is 43.9 Å². The molecule has 0 saturated heterocycles. The van der Waals surface area contributed by atoms with Gasteiger partial charge in [0.1, 0.15) is 0 Å². The summed E-state index contributed by atoms with van der Waals surface area (Å²) in [5, 5.41) is 21.8. The maximum atomic E-state index is 12.7. The van der Waals surface area contributed by atoms with Crippen LogP contribution < -0.4 is 0 Å². The molecule has 8 fully saturated rings. The average Bonchev–Trinajstić information content (AvgIpc) is 3.26. The van der Waals surface area contributed by atoms with Crippen molar-refractivity contribution in [3.8, 4) is 0 Å². The summed E-state index contributed by atoms with van der Waals surface area (Å²) in [6.45, 7) is 7.51. The lowest BCUT2D eigenvalue weighted by Crippen LogP contribution is -2.58. The fraction of sp³-hybridized carbons (Fsp3) is 0.971. The number of fused-ring (bicyclic) bond motifs is 5. The van der Waals surface area contributed by atoms with Crippen molar-refractivity contribution in [1.29, 1.82) is 0 Å². The third kappa shape index (κ3) is 4.62. The number of aliphatic hydroxyl groups excluding tert-OH is 2. The Balaban J connectivity index is 0.915. The van der Waals surface area contributed by atoms with Crippen LogP contribution in [0.15, 0.2) is 0 Å². The van der Waals surface area contributed by atoms with Gasteiger partial charge >= 0.3 is 5.97 Å². The third-order valence-corrected chi connectivity index (χ3v) is 14.8. The first-order chi connectivity index (χ1) is 19.2. The standard InChI is InChI=1S/C35H56O5/c1-20(4-7-31(38)39-19-40-33-23-13-21-12-22(15-23)16-24(33)14-21)27-5-6-28-32-29(9-11-35(27,28)3)34(2)10-8-26(36)17-25(34)18-30(32)37/h20-30,32-33,36-37H,4-19H2,1-3H3/t20?,21?,22?,23?,24?,25?,26-,27?,28?,29?,30-,32?,33?,34+,35-/m1/s1. The van der Waals surface area contributed by atoms with Crippen LogP contribution >= 0.6 is 0 Å². The van der Waals surface area contributed by atoms with Gasteiger partial charge in [0, 0.05) is 6.42 Å². The summed E-state index contributed by atoms with van der Waals surface area (Å²) in [6.07, 6.45) is 16.7. The van der Waals surface area contributed by atoms with Gasteiger partial charge in [-0.3, -0.25) is 4.79 Å². The fourth-order valence-corrected chi connectivity index (χ4v) is 13.1. The molecule has 2 N–H and O–H groups in total. The summed E-state index contributed by atoms with van der Waals surface area (Å²) < 4.78 is 11.8. The van der Waals surface area contributed by atoms with Crippen LogP contribution in [-0.2, 0) is 14.3 Å². The van der Waals surface area contributed by atoms with Gasteiger partial charge in [0.25, 0.3) is 0 Å². The molecule has 0 aromatic heterocycles. The minimum absolute atomic E-state index is 0.0970. The second-order valence-corrected chi connectivity index (χ2v) is 16.7. The Bertz CT molecular complexity index is 922. The van der Waals surface area contributed by atoms with Crippen LogP contribution in [0.4, 0.5) is 0 Å². The molecule has 5 nitrogen and oxygen atoms in total. The van der Waals surface area contributed by atoms with E-state index in [1.54, 1.807) is 0 Å². The fourth-order valence-electron chi connectivity index (χ4n) is 13.1. The van der Waals surface area contributed by atoms with E-state index in [-0.39, 0.29) is 35.8 Å². The first kappa shape index (κ1) is 28.1. The van der Waals surface area contributed by atoms with Gasteiger partial charge in [-0.1, -0.05) is 20.8 Å². The molecule has 0 heterocycles. The summed E-state index contributed by atoms with van der Waals surface area (Å²) in [5.74, 6) is 6.29. The van der Waals surface area contributed by atoms with Gasteiger partial charge in [0.15, 0.2) is 6.79 Å². The minimum atomic E-state index is -0.225. The summed E-state index contributed by atoms with van der Waals surface area (Å²) in [7, 11) is 0. The predicted molar refractivity (Wildman–Crippen MR) is 154 cm³/mol. The molecule has 0 amide bonds. The van der Waals surface area contributed by atoms with Crippen LogP contribution in [0.1, 0.15) is 117 Å². The quantitative estimate of drug-likeness (QED) is 0.268. The second-order valence-electron chi connectivity index (χ2n) is 16.7. The molecule has 0 spiro atoms. The highest BCUT2D eigenvalue weighted by Crippen LogP contribution is 2.68. The lowest BCUT2D eigenvalue weighted by molar-refractivity contribution is -0.187. The number of hydrogen-bond donors (Lipinski definition) is 2. The normalized spacial score (nSPS) is 53.4. The highest BCUT2D eigenvalue weighted by Gasteiger charge is 2.62. The van der Waals surface area contributed by atoms with E-state index in [0.29, 0.717) is 59.9 Å². The number of carbonyl (C=O) groups is 1. The topological polar surface area (TPSA) is 76.0 Å². The number of carbonyl (C=O) groups excluding carboxylic acids is 1. The van der Waals surface area contributed by atoms with Crippen molar-refractivity contribution in [2.45, 2.75) is 135 Å². The lowest BCUT2D eigenvalue weighted by Gasteiger charge is -2.62. The van der Waals surface area contributed by atoms with E-state index in [1.807, 2.05) is 0 Å². The summed E-state index contributed by atoms with van der Waals surface area (Å²) in [6, 6.07) is 0.